The zero-order chi connectivity index (χ0) is 21.8. The number of carbonyl (C=O) groups excluding carboxylic acids is 1. The lowest BCUT2D eigenvalue weighted by Crippen LogP contribution is -2.09. The van der Waals surface area contributed by atoms with Gasteiger partial charge >= 0.3 is 5.97 Å². The van der Waals surface area contributed by atoms with Gasteiger partial charge in [0.25, 0.3) is 0 Å². The fraction of sp³-hybridized carbons (Fsp3) is 0.120. The van der Waals surface area contributed by atoms with Crippen molar-refractivity contribution in [3.8, 4) is 23.0 Å². The number of carbonyl (C=O) groups is 1. The molecular formula is C25H20O6. The molecule has 6 heteroatoms. The van der Waals surface area contributed by atoms with Crippen molar-refractivity contribution in [3.05, 3.63) is 94.3 Å². The Morgan fingerprint density at radius 3 is 2.26 bits per heavy atom. The smallest absolute Gasteiger partial charge is 0.343 e. The molecule has 4 aromatic rings. The molecule has 1 aromatic heterocycles. The number of esters is 1. The van der Waals surface area contributed by atoms with Gasteiger partial charge in [0, 0.05) is 6.07 Å². The monoisotopic (exact) mass is 416 g/mol. The van der Waals surface area contributed by atoms with E-state index in [1.807, 2.05) is 24.3 Å². The molecule has 0 amide bonds. The zero-order valence-electron chi connectivity index (χ0n) is 17.1. The minimum atomic E-state index is -0.528. The van der Waals surface area contributed by atoms with Gasteiger partial charge in [-0.15, -0.1) is 0 Å². The molecule has 0 spiro atoms. The van der Waals surface area contributed by atoms with E-state index < -0.39 is 5.97 Å². The SMILES string of the molecule is CCc1ccc(Oc2coc3cc(OC(=O)c4ccc(OC)cc4)ccc3c2=O)cc1. The summed E-state index contributed by atoms with van der Waals surface area (Å²) in [6.45, 7) is 2.07. The van der Waals surface area contributed by atoms with E-state index >= 15 is 0 Å². The number of ether oxygens (including phenoxy) is 3. The number of hydrogen-bond acceptors (Lipinski definition) is 6. The highest BCUT2D eigenvalue weighted by atomic mass is 16.5. The third-order valence-electron chi connectivity index (χ3n) is 4.81. The van der Waals surface area contributed by atoms with Crippen molar-refractivity contribution >= 4 is 16.9 Å². The summed E-state index contributed by atoms with van der Waals surface area (Å²) < 4.78 is 21.7. The summed E-state index contributed by atoms with van der Waals surface area (Å²) in [6.07, 6.45) is 2.18. The Morgan fingerprint density at radius 2 is 1.58 bits per heavy atom. The molecule has 0 aliphatic carbocycles. The summed E-state index contributed by atoms with van der Waals surface area (Å²) in [5.74, 6) is 1.01. The van der Waals surface area contributed by atoms with E-state index in [1.165, 1.54) is 17.9 Å². The number of benzene rings is 3. The lowest BCUT2D eigenvalue weighted by Gasteiger charge is -2.08. The van der Waals surface area contributed by atoms with Crippen molar-refractivity contribution in [1.82, 2.24) is 0 Å². The topological polar surface area (TPSA) is 75.0 Å². The second-order valence-corrected chi connectivity index (χ2v) is 6.80. The van der Waals surface area contributed by atoms with Crippen LogP contribution in [-0.4, -0.2) is 13.1 Å². The summed E-state index contributed by atoms with van der Waals surface area (Å²) >= 11 is 0. The fourth-order valence-electron chi connectivity index (χ4n) is 3.04. The van der Waals surface area contributed by atoms with Crippen LogP contribution in [0.4, 0.5) is 0 Å². The third kappa shape index (κ3) is 4.43. The molecule has 0 saturated heterocycles. The van der Waals surface area contributed by atoms with Crippen molar-refractivity contribution in [2.75, 3.05) is 7.11 Å². The first-order valence-corrected chi connectivity index (χ1v) is 9.76. The highest BCUT2D eigenvalue weighted by molar-refractivity contribution is 5.91. The van der Waals surface area contributed by atoms with Gasteiger partial charge in [0.15, 0.2) is 0 Å². The zero-order valence-corrected chi connectivity index (χ0v) is 17.1. The second kappa shape index (κ2) is 8.75. The van der Waals surface area contributed by atoms with Gasteiger partial charge in [-0.3, -0.25) is 4.79 Å². The molecule has 0 aliphatic rings. The van der Waals surface area contributed by atoms with Crippen LogP contribution in [0, 0.1) is 0 Å². The minimum absolute atomic E-state index is 0.0831. The van der Waals surface area contributed by atoms with Gasteiger partial charge in [-0.25, -0.2) is 4.79 Å². The standard InChI is InChI=1S/C25H20O6/c1-3-16-4-8-19(9-5-16)30-23-15-29-22-14-20(12-13-21(22)24(23)26)31-25(27)17-6-10-18(28-2)11-7-17/h4-15H,3H2,1-2H3. The van der Waals surface area contributed by atoms with E-state index in [4.69, 9.17) is 18.6 Å². The Morgan fingerprint density at radius 1 is 0.903 bits per heavy atom. The van der Waals surface area contributed by atoms with Crippen molar-refractivity contribution in [1.29, 1.82) is 0 Å². The van der Waals surface area contributed by atoms with E-state index in [0.717, 1.165) is 6.42 Å². The van der Waals surface area contributed by atoms with Gasteiger partial charge < -0.3 is 18.6 Å². The quantitative estimate of drug-likeness (QED) is 0.310. The Kier molecular flexibility index (Phi) is 5.71. The van der Waals surface area contributed by atoms with Crippen molar-refractivity contribution in [2.24, 2.45) is 0 Å². The van der Waals surface area contributed by atoms with E-state index in [9.17, 15) is 9.59 Å². The summed E-state index contributed by atoms with van der Waals surface area (Å²) in [4.78, 5) is 25.1. The van der Waals surface area contributed by atoms with E-state index in [1.54, 1.807) is 43.5 Å². The summed E-state index contributed by atoms with van der Waals surface area (Å²) in [5.41, 5.74) is 1.53. The van der Waals surface area contributed by atoms with Gasteiger partial charge in [-0.2, -0.15) is 0 Å². The van der Waals surface area contributed by atoms with E-state index in [2.05, 4.69) is 6.92 Å². The molecule has 31 heavy (non-hydrogen) atoms. The summed E-state index contributed by atoms with van der Waals surface area (Å²) in [6, 6.07) is 18.7. The molecule has 0 unspecified atom stereocenters. The average Bonchev–Trinajstić information content (AvgIpc) is 2.81. The van der Waals surface area contributed by atoms with Crippen molar-refractivity contribution in [2.45, 2.75) is 13.3 Å². The fourth-order valence-corrected chi connectivity index (χ4v) is 3.04. The van der Waals surface area contributed by atoms with Crippen LogP contribution in [0.15, 0.2) is 82.2 Å². The van der Waals surface area contributed by atoms with Gasteiger partial charge in [0.2, 0.25) is 11.2 Å². The largest absolute Gasteiger partial charge is 0.497 e. The Balaban J connectivity index is 1.54. The van der Waals surface area contributed by atoms with Crippen LogP contribution in [0.3, 0.4) is 0 Å². The number of hydrogen-bond donors (Lipinski definition) is 0. The number of methoxy groups -OCH3 is 1. The van der Waals surface area contributed by atoms with Crippen LogP contribution in [0.2, 0.25) is 0 Å². The molecule has 0 radical (unpaired) electrons. The Hall–Kier alpha value is -4.06. The van der Waals surface area contributed by atoms with Gasteiger partial charge in [-0.05, 0) is 60.5 Å². The molecule has 3 aromatic carbocycles. The highest BCUT2D eigenvalue weighted by Crippen LogP contribution is 2.25. The number of rotatable bonds is 6. The molecule has 1 heterocycles. The maximum absolute atomic E-state index is 12.8. The van der Waals surface area contributed by atoms with Crippen LogP contribution in [0.1, 0.15) is 22.8 Å². The number of fused-ring (bicyclic) bond motifs is 1. The number of aryl methyl sites for hydroxylation is 1. The third-order valence-corrected chi connectivity index (χ3v) is 4.81. The molecule has 156 valence electrons. The van der Waals surface area contributed by atoms with Gasteiger partial charge in [0.1, 0.15) is 29.1 Å². The van der Waals surface area contributed by atoms with Crippen LogP contribution < -0.4 is 19.6 Å². The molecule has 6 nitrogen and oxygen atoms in total. The maximum atomic E-state index is 12.8. The van der Waals surface area contributed by atoms with Gasteiger partial charge in [0.05, 0.1) is 18.1 Å². The van der Waals surface area contributed by atoms with Crippen LogP contribution in [0.25, 0.3) is 11.0 Å². The Labute approximate surface area is 178 Å². The average molecular weight is 416 g/mol. The first-order chi connectivity index (χ1) is 15.1. The van der Waals surface area contributed by atoms with Crippen molar-refractivity contribution < 1.29 is 23.4 Å². The molecule has 0 bridgehead atoms. The second-order valence-electron chi connectivity index (χ2n) is 6.80. The van der Waals surface area contributed by atoms with Crippen LogP contribution in [-0.2, 0) is 6.42 Å². The molecule has 4 rings (SSSR count). The summed E-state index contributed by atoms with van der Waals surface area (Å²) in [7, 11) is 1.55. The molecule has 0 fully saturated rings. The normalized spacial score (nSPS) is 10.6. The maximum Gasteiger partial charge on any atom is 0.343 e. The van der Waals surface area contributed by atoms with E-state index in [0.29, 0.717) is 28.0 Å². The Bertz CT molecular complexity index is 1270. The summed E-state index contributed by atoms with van der Waals surface area (Å²) in [5, 5.41) is 0.326. The molecule has 0 N–H and O–H groups in total. The highest BCUT2D eigenvalue weighted by Gasteiger charge is 2.13. The molecule has 0 atom stereocenters. The van der Waals surface area contributed by atoms with Crippen LogP contribution >= 0.6 is 0 Å². The lowest BCUT2D eigenvalue weighted by molar-refractivity contribution is 0.0735. The lowest BCUT2D eigenvalue weighted by atomic mass is 10.2. The van der Waals surface area contributed by atoms with Crippen molar-refractivity contribution in [3.63, 3.8) is 0 Å². The first kappa shape index (κ1) is 20.2. The minimum Gasteiger partial charge on any atom is -0.497 e. The van der Waals surface area contributed by atoms with Crippen LogP contribution in [0.5, 0.6) is 23.0 Å². The molecule has 0 aliphatic heterocycles. The molecule has 0 saturated carbocycles. The predicted molar refractivity (Wildman–Crippen MR) is 116 cm³/mol. The molecular weight excluding hydrogens is 396 g/mol. The van der Waals surface area contributed by atoms with Gasteiger partial charge in [-0.1, -0.05) is 19.1 Å². The predicted octanol–water partition coefficient (Wildman–Crippen LogP) is 5.38. The van der Waals surface area contributed by atoms with E-state index in [-0.39, 0.29) is 16.9 Å². The first-order valence-electron chi connectivity index (χ1n) is 9.76.